The highest BCUT2D eigenvalue weighted by Gasteiger charge is 2.16. The highest BCUT2D eigenvalue weighted by molar-refractivity contribution is 5.71. The number of carbonyl (C=O) groups excluding carboxylic acids is 1. The molecule has 5 heteroatoms. The summed E-state index contributed by atoms with van der Waals surface area (Å²) < 4.78 is 0.983. The second kappa shape index (κ2) is 11.9. The number of carboxylic acids is 1. The van der Waals surface area contributed by atoms with Crippen LogP contribution in [-0.4, -0.2) is 48.8 Å². The molecule has 0 saturated carbocycles. The molecule has 4 nitrogen and oxygen atoms in total. The number of nitrogens with zero attached hydrogens (tertiary/aromatic N) is 1. The maximum absolute atomic E-state index is 10.3. The zero-order valence-corrected chi connectivity index (χ0v) is 15.5. The van der Waals surface area contributed by atoms with E-state index in [2.05, 4.69) is 20.9 Å². The van der Waals surface area contributed by atoms with Crippen LogP contribution in [0.3, 0.4) is 0 Å². The lowest BCUT2D eigenvalue weighted by Gasteiger charge is -2.31. The monoisotopic (exact) mass is 388 g/mol. The van der Waals surface area contributed by atoms with E-state index in [0.29, 0.717) is 13.0 Å². The van der Waals surface area contributed by atoms with Gasteiger partial charge in [0.2, 0.25) is 0 Å². The normalized spacial score (nSPS) is 11.1. The summed E-state index contributed by atoms with van der Waals surface area (Å²) >= 11 is 0. The Morgan fingerprint density at radius 3 is 1.74 bits per heavy atom. The highest BCUT2D eigenvalue weighted by atomic mass is 127. The molecule has 0 aliphatic carbocycles. The number of hydrogen-bond donors (Lipinski definition) is 1. The van der Waals surface area contributed by atoms with Crippen molar-refractivity contribution in [1.82, 2.24) is 0 Å². The van der Waals surface area contributed by atoms with Crippen LogP contribution in [0, 0.1) is 5.41 Å². The van der Waals surface area contributed by atoms with Crippen LogP contribution >= 0.6 is 0 Å². The van der Waals surface area contributed by atoms with Gasteiger partial charge in [-0.15, -0.1) is 0 Å². The fourth-order valence-electron chi connectivity index (χ4n) is 1.51. The lowest BCUT2D eigenvalue weighted by molar-refractivity contribution is -0.906. The van der Waals surface area contributed by atoms with E-state index < -0.39 is 11.4 Å². The van der Waals surface area contributed by atoms with Crippen LogP contribution in [0.5, 0.6) is 0 Å². The number of halogens is 1. The standard InChI is InChI=1S/C7H18NO.C7H14O2.HI/c1-4-8(3,5-2)6-7-9;1-4-5-7(2,3)6(8)9;/h9H,4-7H2,1-3H3;4-5H2,1-3H3,(H,8,9);1H/q+1;;/p-2. The van der Waals surface area contributed by atoms with Crippen molar-refractivity contribution in [3.05, 3.63) is 0 Å². The molecule has 1 N–H and O–H groups in total. The van der Waals surface area contributed by atoms with Crippen LogP contribution in [0.4, 0.5) is 0 Å². The maximum atomic E-state index is 10.3. The van der Waals surface area contributed by atoms with E-state index >= 15 is 0 Å². The van der Waals surface area contributed by atoms with E-state index in [0.717, 1.165) is 30.5 Å². The summed E-state index contributed by atoms with van der Waals surface area (Å²) in [4.78, 5) is 10.3. The number of rotatable bonds is 7. The summed E-state index contributed by atoms with van der Waals surface area (Å²) in [6.45, 7) is 13.0. The Labute approximate surface area is 135 Å². The third-order valence-corrected chi connectivity index (χ3v) is 3.59. The lowest BCUT2D eigenvalue weighted by atomic mass is 9.88. The van der Waals surface area contributed by atoms with Gasteiger partial charge in [0, 0.05) is 11.4 Å². The van der Waals surface area contributed by atoms with Crippen LogP contribution < -0.4 is 29.1 Å². The molecular formula is C14H31INO3-. The zero-order valence-electron chi connectivity index (χ0n) is 13.3. The Balaban J connectivity index is -0.000000256. The fraction of sp³-hybridized carbons (Fsp3) is 0.929. The van der Waals surface area contributed by atoms with Crippen molar-refractivity contribution in [2.45, 2.75) is 47.5 Å². The van der Waals surface area contributed by atoms with Crippen LogP contribution in [0.2, 0.25) is 0 Å². The topological polar surface area (TPSA) is 60.4 Å². The predicted molar refractivity (Wildman–Crippen MR) is 72.9 cm³/mol. The summed E-state index contributed by atoms with van der Waals surface area (Å²) in [5.74, 6) is -0.954. The van der Waals surface area contributed by atoms with Crippen molar-refractivity contribution in [3.8, 4) is 0 Å². The number of hydrogen-bond acceptors (Lipinski definition) is 3. The molecule has 0 aromatic heterocycles. The van der Waals surface area contributed by atoms with E-state index in [4.69, 9.17) is 5.11 Å². The van der Waals surface area contributed by atoms with Gasteiger partial charge in [-0.3, -0.25) is 0 Å². The Morgan fingerprint density at radius 2 is 1.63 bits per heavy atom. The van der Waals surface area contributed by atoms with E-state index in [1.165, 1.54) is 0 Å². The smallest absolute Gasteiger partial charge is 0.102 e. The molecule has 0 heterocycles. The third-order valence-electron chi connectivity index (χ3n) is 3.59. The molecule has 0 aromatic carbocycles. The minimum Gasteiger partial charge on any atom is -1.00 e. The Kier molecular flexibility index (Phi) is 15.1. The first-order valence-electron chi connectivity index (χ1n) is 6.85. The molecule has 0 aliphatic rings. The Morgan fingerprint density at radius 1 is 1.21 bits per heavy atom. The summed E-state index contributed by atoms with van der Waals surface area (Å²) in [6.07, 6.45) is 1.58. The maximum Gasteiger partial charge on any atom is 0.102 e. The summed E-state index contributed by atoms with van der Waals surface area (Å²) in [6, 6.07) is 0. The predicted octanol–water partition coefficient (Wildman–Crippen LogP) is -1.97. The Bertz CT molecular complexity index is 229. The molecule has 0 atom stereocenters. The van der Waals surface area contributed by atoms with Gasteiger partial charge in [-0.2, -0.15) is 0 Å². The zero-order chi connectivity index (χ0) is 14.8. The van der Waals surface area contributed by atoms with Gasteiger partial charge in [0.15, 0.2) is 0 Å². The number of aliphatic hydroxyl groups excluding tert-OH is 1. The minimum absolute atomic E-state index is 0. The molecule has 0 bridgehead atoms. The average Bonchev–Trinajstić information content (AvgIpc) is 2.30. The molecule has 0 saturated heterocycles. The third kappa shape index (κ3) is 11.6. The van der Waals surface area contributed by atoms with Gasteiger partial charge in [-0.05, 0) is 20.3 Å². The second-order valence-electron chi connectivity index (χ2n) is 5.62. The molecule has 19 heavy (non-hydrogen) atoms. The number of aliphatic hydroxyl groups is 1. The van der Waals surface area contributed by atoms with Gasteiger partial charge in [-0.25, -0.2) is 0 Å². The van der Waals surface area contributed by atoms with E-state index in [9.17, 15) is 9.90 Å². The molecule has 0 rings (SSSR count). The van der Waals surface area contributed by atoms with Crippen molar-refractivity contribution in [1.29, 1.82) is 0 Å². The second-order valence-corrected chi connectivity index (χ2v) is 5.62. The van der Waals surface area contributed by atoms with Crippen molar-refractivity contribution in [2.75, 3.05) is 33.3 Å². The number of aliphatic carboxylic acids is 1. The molecule has 0 unspecified atom stereocenters. The average molecular weight is 388 g/mol. The molecule has 0 aliphatic heterocycles. The van der Waals surface area contributed by atoms with Gasteiger partial charge < -0.3 is 43.5 Å². The van der Waals surface area contributed by atoms with Crippen LogP contribution in [0.15, 0.2) is 0 Å². The number of carbonyl (C=O) groups is 1. The molecule has 0 spiro atoms. The van der Waals surface area contributed by atoms with Crippen LogP contribution in [0.25, 0.3) is 0 Å². The Hall–Kier alpha value is 0.120. The summed E-state index contributed by atoms with van der Waals surface area (Å²) in [7, 11) is 2.16. The first-order valence-corrected chi connectivity index (χ1v) is 6.85. The van der Waals surface area contributed by atoms with Crippen molar-refractivity contribution in [2.24, 2.45) is 5.41 Å². The quantitative estimate of drug-likeness (QED) is 0.407. The highest BCUT2D eigenvalue weighted by Crippen LogP contribution is 2.20. The fourth-order valence-corrected chi connectivity index (χ4v) is 1.51. The summed E-state index contributed by atoms with van der Waals surface area (Å²) in [5.41, 5.74) is -0.644. The molecule has 0 radical (unpaired) electrons. The minimum atomic E-state index is -0.954. The molecule has 0 fully saturated rings. The van der Waals surface area contributed by atoms with Gasteiger partial charge in [0.05, 0.1) is 26.7 Å². The number of likely N-dealkylation sites (N-methyl/N-ethyl adjacent to an activating group) is 1. The van der Waals surface area contributed by atoms with Crippen molar-refractivity contribution < 1.29 is 43.5 Å². The van der Waals surface area contributed by atoms with Gasteiger partial charge in [-0.1, -0.05) is 27.2 Å². The molecule has 0 amide bonds. The van der Waals surface area contributed by atoms with E-state index in [1.807, 2.05) is 6.92 Å². The van der Waals surface area contributed by atoms with Crippen molar-refractivity contribution in [3.63, 3.8) is 0 Å². The molecule has 0 aromatic rings. The van der Waals surface area contributed by atoms with Crippen LogP contribution in [-0.2, 0) is 4.79 Å². The molecule has 118 valence electrons. The molecular weight excluding hydrogens is 357 g/mol. The summed E-state index contributed by atoms with van der Waals surface area (Å²) in [5, 5.41) is 18.9. The lowest BCUT2D eigenvalue weighted by Crippen LogP contribution is -3.00. The van der Waals surface area contributed by atoms with Crippen LogP contribution in [0.1, 0.15) is 47.5 Å². The largest absolute Gasteiger partial charge is 1.00 e. The van der Waals surface area contributed by atoms with Gasteiger partial charge in [0.25, 0.3) is 0 Å². The van der Waals surface area contributed by atoms with E-state index in [-0.39, 0.29) is 24.0 Å². The number of carboxylic acid groups (broad SMARTS) is 1. The van der Waals surface area contributed by atoms with Gasteiger partial charge >= 0.3 is 0 Å². The first kappa shape index (κ1) is 24.2. The number of quaternary nitrogens is 1. The SMILES string of the molecule is CCCC(C)(C)C(=O)[O-].CC[N+](C)(CC)CCO.[I-]. The van der Waals surface area contributed by atoms with Gasteiger partial charge in [0.1, 0.15) is 6.54 Å². The first-order chi connectivity index (χ1) is 8.19. The van der Waals surface area contributed by atoms with E-state index in [1.54, 1.807) is 13.8 Å². The van der Waals surface area contributed by atoms with Crippen molar-refractivity contribution >= 4 is 5.97 Å².